The Bertz CT molecular complexity index is 426. The topological polar surface area (TPSA) is 49.8 Å². The summed E-state index contributed by atoms with van der Waals surface area (Å²) in [7, 11) is 1.90. The van der Waals surface area contributed by atoms with Crippen LogP contribution in [0.25, 0.3) is 0 Å². The van der Waals surface area contributed by atoms with E-state index in [9.17, 15) is 0 Å². The Kier molecular flexibility index (Phi) is 2.98. The van der Waals surface area contributed by atoms with E-state index in [1.807, 2.05) is 7.05 Å². The summed E-state index contributed by atoms with van der Waals surface area (Å²) < 4.78 is 0. The second-order valence-corrected chi connectivity index (χ2v) is 5.46. The largest absolute Gasteiger partial charge is 0.373 e. The first-order valence-corrected chi connectivity index (χ1v) is 6.29. The molecule has 4 heteroatoms. The molecule has 1 saturated carbocycles. The predicted octanol–water partition coefficient (Wildman–Crippen LogP) is 2.60. The van der Waals surface area contributed by atoms with Crippen LogP contribution in [0.2, 0.25) is 0 Å². The summed E-state index contributed by atoms with van der Waals surface area (Å²) >= 11 is 0. The molecular formula is C13H22N4. The zero-order valence-corrected chi connectivity index (χ0v) is 11.4. The summed E-state index contributed by atoms with van der Waals surface area (Å²) in [6.07, 6.45) is 2.07. The summed E-state index contributed by atoms with van der Waals surface area (Å²) in [6, 6.07) is 0.547. The number of rotatable bonds is 4. The van der Waals surface area contributed by atoms with Gasteiger partial charge in [0.25, 0.3) is 0 Å². The number of anilines is 2. The molecule has 0 radical (unpaired) electrons. The molecule has 0 aliphatic heterocycles. The van der Waals surface area contributed by atoms with E-state index in [1.54, 1.807) is 0 Å². The molecule has 4 nitrogen and oxygen atoms in total. The van der Waals surface area contributed by atoms with Gasteiger partial charge in [-0.3, -0.25) is 0 Å². The summed E-state index contributed by atoms with van der Waals surface area (Å²) in [6.45, 7) is 8.69. The molecule has 1 heterocycles. The highest BCUT2D eigenvalue weighted by atomic mass is 15.1. The van der Waals surface area contributed by atoms with Crippen molar-refractivity contribution >= 4 is 11.6 Å². The lowest BCUT2D eigenvalue weighted by Crippen LogP contribution is -2.14. The van der Waals surface area contributed by atoms with Crippen molar-refractivity contribution in [2.45, 2.75) is 46.6 Å². The monoisotopic (exact) mass is 234 g/mol. The van der Waals surface area contributed by atoms with Crippen molar-refractivity contribution in [3.05, 3.63) is 11.4 Å². The van der Waals surface area contributed by atoms with Gasteiger partial charge in [-0.25, -0.2) is 9.97 Å². The molecule has 0 amide bonds. The molecular weight excluding hydrogens is 212 g/mol. The maximum atomic E-state index is 4.58. The Morgan fingerprint density at radius 2 is 1.88 bits per heavy atom. The van der Waals surface area contributed by atoms with Gasteiger partial charge in [-0.1, -0.05) is 20.8 Å². The first-order valence-electron chi connectivity index (χ1n) is 6.29. The average Bonchev–Trinajstić information content (AvgIpc) is 2.89. The average molecular weight is 234 g/mol. The standard InChI is InChI=1S/C13H22N4/c1-6-10-16-11(14-5)8(2)12(17-10)15-9-7-13(9,3)4/h9H,6-7H2,1-5H3,(H2,14,15,16,17). The maximum absolute atomic E-state index is 4.58. The molecule has 1 unspecified atom stereocenters. The number of nitrogens with one attached hydrogen (secondary N) is 2. The van der Waals surface area contributed by atoms with Gasteiger partial charge in [0.15, 0.2) is 0 Å². The second kappa shape index (κ2) is 4.17. The Morgan fingerprint density at radius 3 is 2.35 bits per heavy atom. The molecule has 2 N–H and O–H groups in total. The molecule has 0 spiro atoms. The minimum atomic E-state index is 0.406. The van der Waals surface area contributed by atoms with Crippen molar-refractivity contribution in [1.82, 2.24) is 9.97 Å². The molecule has 1 aromatic heterocycles. The lowest BCUT2D eigenvalue weighted by molar-refractivity contribution is 0.629. The predicted molar refractivity (Wildman–Crippen MR) is 71.5 cm³/mol. The van der Waals surface area contributed by atoms with Gasteiger partial charge in [0.1, 0.15) is 17.5 Å². The Morgan fingerprint density at radius 1 is 1.29 bits per heavy atom. The van der Waals surface area contributed by atoms with E-state index in [0.29, 0.717) is 11.5 Å². The van der Waals surface area contributed by atoms with Gasteiger partial charge in [-0.05, 0) is 18.8 Å². The summed E-state index contributed by atoms with van der Waals surface area (Å²) in [5.41, 5.74) is 1.51. The van der Waals surface area contributed by atoms with E-state index in [-0.39, 0.29) is 0 Å². The minimum Gasteiger partial charge on any atom is -0.373 e. The number of hydrogen-bond donors (Lipinski definition) is 2. The lowest BCUT2D eigenvalue weighted by atomic mass is 10.2. The first kappa shape index (κ1) is 12.1. The van der Waals surface area contributed by atoms with Crippen LogP contribution in [-0.4, -0.2) is 23.1 Å². The molecule has 17 heavy (non-hydrogen) atoms. The molecule has 0 saturated heterocycles. The van der Waals surface area contributed by atoms with Crippen LogP contribution < -0.4 is 10.6 Å². The third-order valence-electron chi connectivity index (χ3n) is 3.57. The summed E-state index contributed by atoms with van der Waals surface area (Å²) in [5.74, 6) is 2.80. The molecule has 94 valence electrons. The summed E-state index contributed by atoms with van der Waals surface area (Å²) in [4.78, 5) is 9.05. The highest BCUT2D eigenvalue weighted by molar-refractivity contribution is 5.58. The highest BCUT2D eigenvalue weighted by Crippen LogP contribution is 2.46. The SMILES string of the molecule is CCc1nc(NC)c(C)c(NC2CC2(C)C)n1. The Balaban J connectivity index is 2.26. The summed E-state index contributed by atoms with van der Waals surface area (Å²) in [5, 5.41) is 6.67. The van der Waals surface area contributed by atoms with Crippen LogP contribution in [0, 0.1) is 12.3 Å². The molecule has 0 bridgehead atoms. The highest BCUT2D eigenvalue weighted by Gasteiger charge is 2.46. The van der Waals surface area contributed by atoms with Crippen molar-refractivity contribution in [2.75, 3.05) is 17.7 Å². The van der Waals surface area contributed by atoms with Crippen LogP contribution in [0.3, 0.4) is 0 Å². The van der Waals surface area contributed by atoms with Crippen LogP contribution in [0.15, 0.2) is 0 Å². The molecule has 2 rings (SSSR count). The van der Waals surface area contributed by atoms with Crippen LogP contribution in [0.4, 0.5) is 11.6 Å². The molecule has 0 aromatic carbocycles. The van der Waals surface area contributed by atoms with E-state index in [2.05, 4.69) is 48.3 Å². The molecule has 1 atom stereocenters. The van der Waals surface area contributed by atoms with E-state index < -0.39 is 0 Å². The van der Waals surface area contributed by atoms with Gasteiger partial charge in [-0.2, -0.15) is 0 Å². The minimum absolute atomic E-state index is 0.406. The fourth-order valence-corrected chi connectivity index (χ4v) is 1.98. The van der Waals surface area contributed by atoms with E-state index in [0.717, 1.165) is 29.4 Å². The maximum Gasteiger partial charge on any atom is 0.135 e. The van der Waals surface area contributed by atoms with Gasteiger partial charge in [0, 0.05) is 25.1 Å². The number of hydrogen-bond acceptors (Lipinski definition) is 4. The van der Waals surface area contributed by atoms with E-state index in [1.165, 1.54) is 6.42 Å². The van der Waals surface area contributed by atoms with Gasteiger partial charge in [0.05, 0.1) is 0 Å². The number of aromatic nitrogens is 2. The normalized spacial score (nSPS) is 21.1. The third kappa shape index (κ3) is 2.35. The van der Waals surface area contributed by atoms with Gasteiger partial charge in [-0.15, -0.1) is 0 Å². The third-order valence-corrected chi connectivity index (χ3v) is 3.57. The van der Waals surface area contributed by atoms with Crippen LogP contribution >= 0.6 is 0 Å². The zero-order chi connectivity index (χ0) is 12.6. The molecule has 1 fully saturated rings. The molecule has 1 aliphatic carbocycles. The number of aryl methyl sites for hydroxylation is 1. The van der Waals surface area contributed by atoms with Crippen molar-refractivity contribution in [3.63, 3.8) is 0 Å². The van der Waals surface area contributed by atoms with Gasteiger partial charge >= 0.3 is 0 Å². The van der Waals surface area contributed by atoms with Gasteiger partial charge in [0.2, 0.25) is 0 Å². The smallest absolute Gasteiger partial charge is 0.135 e. The Hall–Kier alpha value is -1.32. The van der Waals surface area contributed by atoms with Crippen molar-refractivity contribution < 1.29 is 0 Å². The van der Waals surface area contributed by atoms with Crippen molar-refractivity contribution in [1.29, 1.82) is 0 Å². The fourth-order valence-electron chi connectivity index (χ4n) is 1.98. The lowest BCUT2D eigenvalue weighted by Gasteiger charge is -2.14. The van der Waals surface area contributed by atoms with Crippen molar-refractivity contribution in [2.24, 2.45) is 5.41 Å². The second-order valence-electron chi connectivity index (χ2n) is 5.46. The van der Waals surface area contributed by atoms with Gasteiger partial charge < -0.3 is 10.6 Å². The molecule has 1 aromatic rings. The van der Waals surface area contributed by atoms with Crippen LogP contribution in [0.5, 0.6) is 0 Å². The Labute approximate surface area is 103 Å². The van der Waals surface area contributed by atoms with Crippen LogP contribution in [-0.2, 0) is 6.42 Å². The molecule has 1 aliphatic rings. The number of nitrogens with zero attached hydrogens (tertiary/aromatic N) is 2. The quantitative estimate of drug-likeness (QED) is 0.840. The fraction of sp³-hybridized carbons (Fsp3) is 0.692. The van der Waals surface area contributed by atoms with E-state index in [4.69, 9.17) is 0 Å². The zero-order valence-electron chi connectivity index (χ0n) is 11.4. The van der Waals surface area contributed by atoms with Crippen molar-refractivity contribution in [3.8, 4) is 0 Å². The van der Waals surface area contributed by atoms with Crippen LogP contribution in [0.1, 0.15) is 38.6 Å². The first-order chi connectivity index (χ1) is 7.97. The van der Waals surface area contributed by atoms with E-state index >= 15 is 0 Å².